The van der Waals surface area contributed by atoms with Crippen LogP contribution in [-0.2, 0) is 0 Å². The molecule has 0 bridgehead atoms. The fourth-order valence-corrected chi connectivity index (χ4v) is 2.47. The van der Waals surface area contributed by atoms with Crippen molar-refractivity contribution in [3.63, 3.8) is 0 Å². The highest BCUT2D eigenvalue weighted by atomic mass is 19.4. The molecule has 0 spiro atoms. The zero-order valence-electron chi connectivity index (χ0n) is 11.0. The Kier molecular flexibility index (Phi) is 4.77. The molecule has 1 N–H and O–H groups in total. The molecular formula is C13H14F6N2. The quantitative estimate of drug-likeness (QED) is 0.682. The fraction of sp³-hybridized carbons (Fsp3) is 0.538. The lowest BCUT2D eigenvalue weighted by Crippen LogP contribution is -2.46. The Bertz CT molecular complexity index is 496. The number of nitrogens with one attached hydrogen (secondary N) is 1. The summed E-state index contributed by atoms with van der Waals surface area (Å²) in [7, 11) is 0. The normalized spacial score (nSPS) is 18.8. The predicted molar refractivity (Wildman–Crippen MR) is 64.2 cm³/mol. The molecular weight excluding hydrogens is 298 g/mol. The Labute approximate surface area is 117 Å². The van der Waals surface area contributed by atoms with Crippen LogP contribution in [0.2, 0.25) is 0 Å². The van der Waals surface area contributed by atoms with Crippen LogP contribution >= 0.6 is 0 Å². The minimum atomic E-state index is -4.61. The Morgan fingerprint density at radius 2 is 1.62 bits per heavy atom. The molecule has 118 valence electrons. The maximum absolute atomic E-state index is 13.8. The molecule has 0 aliphatic carbocycles. The molecule has 0 saturated carbocycles. The van der Waals surface area contributed by atoms with Gasteiger partial charge in [0.1, 0.15) is 5.82 Å². The average Bonchev–Trinajstić information content (AvgIpc) is 2.42. The molecule has 1 aromatic carbocycles. The highest BCUT2D eigenvalue weighted by Gasteiger charge is 2.38. The third-order valence-electron chi connectivity index (χ3n) is 3.43. The lowest BCUT2D eigenvalue weighted by atomic mass is 9.99. The molecule has 8 heteroatoms. The van der Waals surface area contributed by atoms with Gasteiger partial charge in [-0.05, 0) is 12.1 Å². The number of halogens is 6. The third-order valence-corrected chi connectivity index (χ3v) is 3.43. The number of benzene rings is 1. The molecule has 21 heavy (non-hydrogen) atoms. The molecule has 0 radical (unpaired) electrons. The van der Waals surface area contributed by atoms with Crippen molar-refractivity contribution in [3.05, 3.63) is 35.1 Å². The van der Waals surface area contributed by atoms with E-state index in [2.05, 4.69) is 5.32 Å². The van der Waals surface area contributed by atoms with Gasteiger partial charge in [-0.3, -0.25) is 4.90 Å². The molecule has 2 nitrogen and oxygen atoms in total. The summed E-state index contributed by atoms with van der Waals surface area (Å²) in [5.74, 6) is -4.07. The van der Waals surface area contributed by atoms with Crippen molar-refractivity contribution in [1.29, 1.82) is 0 Å². The second-order valence-electron chi connectivity index (χ2n) is 4.88. The number of hydrogen-bond donors (Lipinski definition) is 1. The number of piperazine rings is 1. The van der Waals surface area contributed by atoms with Gasteiger partial charge < -0.3 is 5.32 Å². The first-order valence-electron chi connectivity index (χ1n) is 6.44. The minimum absolute atomic E-state index is 0.205. The van der Waals surface area contributed by atoms with Crippen molar-refractivity contribution < 1.29 is 26.3 Å². The van der Waals surface area contributed by atoms with Crippen LogP contribution in [0.25, 0.3) is 0 Å². The van der Waals surface area contributed by atoms with Gasteiger partial charge in [0, 0.05) is 37.8 Å². The van der Waals surface area contributed by atoms with E-state index in [1.54, 1.807) is 0 Å². The molecule has 1 saturated heterocycles. The summed E-state index contributed by atoms with van der Waals surface area (Å²) in [6, 6.07) is -0.349. The monoisotopic (exact) mass is 312 g/mol. The molecule has 1 atom stereocenters. The second-order valence-corrected chi connectivity index (χ2v) is 4.88. The van der Waals surface area contributed by atoms with Gasteiger partial charge in [-0.2, -0.15) is 13.2 Å². The fourth-order valence-electron chi connectivity index (χ4n) is 2.47. The largest absolute Gasteiger partial charge is 0.390 e. The summed E-state index contributed by atoms with van der Waals surface area (Å²) < 4.78 is 79.1. The van der Waals surface area contributed by atoms with Crippen LogP contribution in [-0.4, -0.2) is 37.3 Å². The van der Waals surface area contributed by atoms with E-state index in [-0.39, 0.29) is 13.1 Å². The molecule has 0 aromatic heterocycles. The Balaban J connectivity index is 2.41. The van der Waals surface area contributed by atoms with Gasteiger partial charge in [0.15, 0.2) is 11.6 Å². The first-order chi connectivity index (χ1) is 9.79. The van der Waals surface area contributed by atoms with Crippen molar-refractivity contribution >= 4 is 0 Å². The van der Waals surface area contributed by atoms with E-state index in [0.717, 1.165) is 0 Å². The van der Waals surface area contributed by atoms with Crippen LogP contribution in [0.1, 0.15) is 18.0 Å². The summed E-state index contributed by atoms with van der Waals surface area (Å²) in [6.07, 6.45) is -6.04. The molecule has 1 aliphatic heterocycles. The summed E-state index contributed by atoms with van der Waals surface area (Å²) in [6.45, 7) is 1.23. The Morgan fingerprint density at radius 3 is 2.19 bits per heavy atom. The van der Waals surface area contributed by atoms with E-state index in [4.69, 9.17) is 0 Å². The highest BCUT2D eigenvalue weighted by molar-refractivity contribution is 5.25. The molecule has 1 heterocycles. The summed E-state index contributed by atoms with van der Waals surface area (Å²) in [4.78, 5) is 1.32. The smallest absolute Gasteiger partial charge is 0.314 e. The molecule has 1 fully saturated rings. The van der Waals surface area contributed by atoms with Gasteiger partial charge in [0.2, 0.25) is 0 Å². The van der Waals surface area contributed by atoms with Crippen LogP contribution in [0.5, 0.6) is 0 Å². The molecule has 0 amide bonds. The molecule has 1 aliphatic rings. The molecule has 0 unspecified atom stereocenters. The van der Waals surface area contributed by atoms with Crippen LogP contribution in [0, 0.1) is 17.5 Å². The van der Waals surface area contributed by atoms with Crippen molar-refractivity contribution in [1.82, 2.24) is 10.2 Å². The van der Waals surface area contributed by atoms with Crippen molar-refractivity contribution in [3.8, 4) is 0 Å². The second kappa shape index (κ2) is 6.23. The lowest BCUT2D eigenvalue weighted by molar-refractivity contribution is -0.149. The summed E-state index contributed by atoms with van der Waals surface area (Å²) in [5.41, 5.74) is -0.853. The molecule has 2 rings (SSSR count). The maximum Gasteiger partial charge on any atom is 0.390 e. The number of hydrogen-bond acceptors (Lipinski definition) is 2. The van der Waals surface area contributed by atoms with E-state index < -0.39 is 41.7 Å². The van der Waals surface area contributed by atoms with Crippen LogP contribution in [0.4, 0.5) is 26.3 Å². The third kappa shape index (κ3) is 3.88. The van der Waals surface area contributed by atoms with Crippen molar-refractivity contribution in [2.75, 3.05) is 26.2 Å². The van der Waals surface area contributed by atoms with E-state index in [9.17, 15) is 26.3 Å². The lowest BCUT2D eigenvalue weighted by Gasteiger charge is -2.35. The first-order valence-corrected chi connectivity index (χ1v) is 6.44. The Hall–Kier alpha value is -1.28. The van der Waals surface area contributed by atoms with Crippen molar-refractivity contribution in [2.45, 2.75) is 18.6 Å². The van der Waals surface area contributed by atoms with Gasteiger partial charge in [-0.15, -0.1) is 0 Å². The van der Waals surface area contributed by atoms with Crippen molar-refractivity contribution in [2.24, 2.45) is 0 Å². The standard InChI is InChI=1S/C13H14F6N2/c14-8-1-2-9(15)12(16)11(8)10(7-13(17,18)19)21-5-3-20-4-6-21/h1-2,10,20H,3-7H2/t10-/m1/s1. The van der Waals surface area contributed by atoms with Gasteiger partial charge in [-0.25, -0.2) is 13.2 Å². The van der Waals surface area contributed by atoms with Crippen LogP contribution < -0.4 is 5.32 Å². The van der Waals surface area contributed by atoms with Gasteiger partial charge >= 0.3 is 6.18 Å². The number of alkyl halides is 3. The first kappa shape index (κ1) is 16.1. The predicted octanol–water partition coefficient (Wildman–Crippen LogP) is 3.00. The van der Waals surface area contributed by atoms with Gasteiger partial charge in [-0.1, -0.05) is 0 Å². The molecule has 1 aromatic rings. The highest BCUT2D eigenvalue weighted by Crippen LogP contribution is 2.36. The summed E-state index contributed by atoms with van der Waals surface area (Å²) in [5, 5.41) is 2.94. The van der Waals surface area contributed by atoms with Gasteiger partial charge in [0.25, 0.3) is 0 Å². The van der Waals surface area contributed by atoms with E-state index in [0.29, 0.717) is 25.2 Å². The van der Waals surface area contributed by atoms with E-state index in [1.165, 1.54) is 4.90 Å². The topological polar surface area (TPSA) is 15.3 Å². The SMILES string of the molecule is Fc1ccc(F)c([C@@H](CC(F)(F)F)N2CCNCC2)c1F. The summed E-state index contributed by atoms with van der Waals surface area (Å²) >= 11 is 0. The maximum atomic E-state index is 13.8. The average molecular weight is 312 g/mol. The van der Waals surface area contributed by atoms with Gasteiger partial charge in [0.05, 0.1) is 6.42 Å². The van der Waals surface area contributed by atoms with E-state index in [1.807, 2.05) is 0 Å². The zero-order chi connectivity index (χ0) is 15.6. The van der Waals surface area contributed by atoms with Crippen LogP contribution in [0.3, 0.4) is 0 Å². The van der Waals surface area contributed by atoms with Crippen LogP contribution in [0.15, 0.2) is 12.1 Å². The minimum Gasteiger partial charge on any atom is -0.314 e. The number of nitrogens with zero attached hydrogens (tertiary/aromatic N) is 1. The Morgan fingerprint density at radius 1 is 1.05 bits per heavy atom. The number of rotatable bonds is 3. The van der Waals surface area contributed by atoms with E-state index >= 15 is 0 Å². The zero-order valence-corrected chi connectivity index (χ0v) is 11.0.